The molecular weight excluding hydrogens is 280 g/mol. The number of aryl methyl sites for hydroxylation is 1. The molecule has 0 fully saturated rings. The molecule has 1 unspecified atom stereocenters. The first-order valence-corrected chi connectivity index (χ1v) is 8.61. The molecule has 0 aliphatic carbocycles. The number of fused-ring (bicyclic) bond motifs is 1. The Labute approximate surface area is 140 Å². The number of ether oxygens (including phenoxy) is 1. The Morgan fingerprint density at radius 1 is 0.739 bits per heavy atom. The van der Waals surface area contributed by atoms with Crippen LogP contribution in [0, 0.1) is 48.5 Å². The average molecular weight is 308 g/mol. The van der Waals surface area contributed by atoms with Gasteiger partial charge in [-0.15, -0.1) is 0 Å². The van der Waals surface area contributed by atoms with Crippen LogP contribution in [0.15, 0.2) is 12.1 Å². The minimum atomic E-state index is 0.460. The van der Waals surface area contributed by atoms with Crippen LogP contribution in [0.1, 0.15) is 56.0 Å². The maximum atomic E-state index is 6.26. The Balaban J connectivity index is 2.06. The Morgan fingerprint density at radius 2 is 1.39 bits per heavy atom. The zero-order valence-electron chi connectivity index (χ0n) is 15.6. The van der Waals surface area contributed by atoms with E-state index >= 15 is 0 Å². The normalized spacial score (nSPS) is 16.9. The molecule has 1 heteroatoms. The lowest BCUT2D eigenvalue weighted by Gasteiger charge is -2.31. The highest BCUT2D eigenvalue weighted by atomic mass is 16.5. The van der Waals surface area contributed by atoms with Gasteiger partial charge in [-0.05, 0) is 105 Å². The van der Waals surface area contributed by atoms with Crippen LogP contribution in [-0.4, -0.2) is 6.61 Å². The molecule has 0 saturated heterocycles. The molecule has 0 spiro atoms. The molecule has 1 nitrogen and oxygen atoms in total. The molecule has 0 amide bonds. The molecule has 2 aromatic rings. The Kier molecular flexibility index (Phi) is 4.00. The quantitative estimate of drug-likeness (QED) is 0.669. The van der Waals surface area contributed by atoms with E-state index < -0.39 is 0 Å². The third kappa shape index (κ3) is 2.47. The summed E-state index contributed by atoms with van der Waals surface area (Å²) in [6, 6.07) is 4.56. The van der Waals surface area contributed by atoms with Crippen LogP contribution >= 0.6 is 0 Å². The van der Waals surface area contributed by atoms with E-state index in [2.05, 4.69) is 60.6 Å². The summed E-state index contributed by atoms with van der Waals surface area (Å²) in [5.74, 6) is 1.60. The minimum Gasteiger partial charge on any atom is -0.492 e. The summed E-state index contributed by atoms with van der Waals surface area (Å²) in [5.41, 5.74) is 12.6. The smallest absolute Gasteiger partial charge is 0.125 e. The van der Waals surface area contributed by atoms with Gasteiger partial charge in [0.05, 0.1) is 6.61 Å². The van der Waals surface area contributed by atoms with Crippen molar-refractivity contribution in [1.82, 2.24) is 0 Å². The van der Waals surface area contributed by atoms with E-state index in [0.717, 1.165) is 18.8 Å². The van der Waals surface area contributed by atoms with E-state index in [1.165, 1.54) is 50.1 Å². The van der Waals surface area contributed by atoms with Gasteiger partial charge < -0.3 is 4.74 Å². The number of hydrogen-bond acceptors (Lipinski definition) is 1. The summed E-state index contributed by atoms with van der Waals surface area (Å²) >= 11 is 0. The van der Waals surface area contributed by atoms with Gasteiger partial charge in [0.2, 0.25) is 0 Å². The lowest BCUT2D eigenvalue weighted by molar-refractivity contribution is 0.259. The molecular formula is C22H28O. The maximum Gasteiger partial charge on any atom is 0.125 e. The van der Waals surface area contributed by atoms with Crippen molar-refractivity contribution in [1.29, 1.82) is 0 Å². The average Bonchev–Trinajstić information content (AvgIpc) is 2.55. The van der Waals surface area contributed by atoms with Crippen LogP contribution in [0.5, 0.6) is 5.75 Å². The molecule has 122 valence electrons. The largest absolute Gasteiger partial charge is 0.492 e. The van der Waals surface area contributed by atoms with Gasteiger partial charge in [-0.25, -0.2) is 0 Å². The van der Waals surface area contributed by atoms with Crippen molar-refractivity contribution in [3.8, 4) is 5.75 Å². The van der Waals surface area contributed by atoms with Crippen LogP contribution < -0.4 is 4.74 Å². The lowest BCUT2D eigenvalue weighted by atomic mass is 9.82. The molecule has 0 radical (unpaired) electrons. The fourth-order valence-electron chi connectivity index (χ4n) is 3.91. The summed E-state index contributed by atoms with van der Waals surface area (Å²) < 4.78 is 6.26. The molecule has 1 aliphatic heterocycles. The van der Waals surface area contributed by atoms with Gasteiger partial charge >= 0.3 is 0 Å². The zero-order valence-corrected chi connectivity index (χ0v) is 15.6. The molecule has 0 N–H and O–H groups in total. The van der Waals surface area contributed by atoms with Crippen molar-refractivity contribution in [2.75, 3.05) is 6.61 Å². The summed E-state index contributed by atoms with van der Waals surface area (Å²) in [4.78, 5) is 0. The Bertz CT molecular complexity index is 784. The number of benzene rings is 2. The third-order valence-corrected chi connectivity index (χ3v) is 6.17. The first kappa shape index (κ1) is 16.1. The van der Waals surface area contributed by atoms with Gasteiger partial charge in [0.25, 0.3) is 0 Å². The van der Waals surface area contributed by atoms with E-state index in [-0.39, 0.29) is 0 Å². The molecule has 3 rings (SSSR count). The molecule has 1 aliphatic rings. The zero-order chi connectivity index (χ0) is 16.9. The predicted octanol–water partition coefficient (Wildman–Crippen LogP) is 5.56. The van der Waals surface area contributed by atoms with Gasteiger partial charge in [0.15, 0.2) is 0 Å². The van der Waals surface area contributed by atoms with Crippen molar-refractivity contribution in [2.24, 2.45) is 0 Å². The predicted molar refractivity (Wildman–Crippen MR) is 98.0 cm³/mol. The third-order valence-electron chi connectivity index (χ3n) is 6.17. The highest BCUT2D eigenvalue weighted by Gasteiger charge is 2.27. The summed E-state index contributed by atoms with van der Waals surface area (Å²) in [5, 5.41) is 0. The van der Waals surface area contributed by atoms with Gasteiger partial charge in [-0.1, -0.05) is 12.1 Å². The lowest BCUT2D eigenvalue weighted by Crippen LogP contribution is -2.22. The standard InChI is InChI=1S/C22H28O/c1-12-8-9-20(16(5)13(12)2)19-10-21-17(6)14(3)15(4)18(7)22(21)23-11-19/h8-9,19H,10-11H2,1-7H3. The fraction of sp³-hybridized carbons (Fsp3) is 0.455. The Morgan fingerprint density at radius 3 is 2.09 bits per heavy atom. The number of hydrogen-bond donors (Lipinski definition) is 0. The van der Waals surface area contributed by atoms with Crippen LogP contribution in [0.3, 0.4) is 0 Å². The van der Waals surface area contributed by atoms with E-state index in [1.807, 2.05) is 0 Å². The van der Waals surface area contributed by atoms with Gasteiger partial charge in [0, 0.05) is 5.92 Å². The fourth-order valence-corrected chi connectivity index (χ4v) is 3.91. The highest BCUT2D eigenvalue weighted by Crippen LogP contribution is 2.40. The van der Waals surface area contributed by atoms with Crippen LogP contribution in [0.25, 0.3) is 0 Å². The molecule has 0 bridgehead atoms. The monoisotopic (exact) mass is 308 g/mol. The SMILES string of the molecule is Cc1ccc(C2COc3c(C)c(C)c(C)c(C)c3C2)c(C)c1C. The summed E-state index contributed by atoms with van der Waals surface area (Å²) in [6.07, 6.45) is 1.09. The van der Waals surface area contributed by atoms with Crippen LogP contribution in [-0.2, 0) is 6.42 Å². The second-order valence-electron chi connectivity index (χ2n) is 7.24. The van der Waals surface area contributed by atoms with Crippen molar-refractivity contribution >= 4 is 0 Å². The molecule has 0 aromatic heterocycles. The summed E-state index contributed by atoms with van der Waals surface area (Å²) in [6.45, 7) is 16.4. The molecule has 0 saturated carbocycles. The molecule has 23 heavy (non-hydrogen) atoms. The molecule has 1 atom stereocenters. The molecule has 1 heterocycles. The second-order valence-corrected chi connectivity index (χ2v) is 7.24. The van der Waals surface area contributed by atoms with Crippen LogP contribution in [0.2, 0.25) is 0 Å². The van der Waals surface area contributed by atoms with E-state index in [0.29, 0.717) is 5.92 Å². The highest BCUT2D eigenvalue weighted by molar-refractivity contribution is 5.56. The summed E-state index contributed by atoms with van der Waals surface area (Å²) in [7, 11) is 0. The van der Waals surface area contributed by atoms with E-state index in [9.17, 15) is 0 Å². The van der Waals surface area contributed by atoms with E-state index in [4.69, 9.17) is 4.74 Å². The topological polar surface area (TPSA) is 9.23 Å². The molecule has 2 aromatic carbocycles. The first-order valence-electron chi connectivity index (χ1n) is 8.61. The Hall–Kier alpha value is -1.76. The first-order chi connectivity index (χ1) is 10.8. The van der Waals surface area contributed by atoms with Crippen LogP contribution in [0.4, 0.5) is 0 Å². The maximum absolute atomic E-state index is 6.26. The van der Waals surface area contributed by atoms with Gasteiger partial charge in [-0.3, -0.25) is 0 Å². The second kappa shape index (κ2) is 5.70. The van der Waals surface area contributed by atoms with Gasteiger partial charge in [0.1, 0.15) is 5.75 Å². The van der Waals surface area contributed by atoms with Gasteiger partial charge in [-0.2, -0.15) is 0 Å². The number of rotatable bonds is 1. The minimum absolute atomic E-state index is 0.460. The van der Waals surface area contributed by atoms with Crippen molar-refractivity contribution in [3.63, 3.8) is 0 Å². The van der Waals surface area contributed by atoms with E-state index in [1.54, 1.807) is 0 Å². The van der Waals surface area contributed by atoms with Crippen molar-refractivity contribution in [3.05, 3.63) is 62.2 Å². The van der Waals surface area contributed by atoms with Crippen molar-refractivity contribution < 1.29 is 4.74 Å². The van der Waals surface area contributed by atoms with Crippen molar-refractivity contribution in [2.45, 2.75) is 60.8 Å².